The van der Waals surface area contributed by atoms with Crippen LogP contribution in [-0.2, 0) is 35.0 Å². The van der Waals surface area contributed by atoms with E-state index in [-0.39, 0.29) is 60.1 Å². The molecule has 0 fully saturated rings. The van der Waals surface area contributed by atoms with Crippen LogP contribution in [0.1, 0.15) is 99.3 Å². The van der Waals surface area contributed by atoms with Gasteiger partial charge in [0, 0.05) is 58.5 Å². The Bertz CT molecular complexity index is 2900. The fourth-order valence-corrected chi connectivity index (χ4v) is 8.64. The van der Waals surface area contributed by atoms with Gasteiger partial charge in [-0.05, 0) is 123 Å². The predicted molar refractivity (Wildman–Crippen MR) is 272 cm³/mol. The van der Waals surface area contributed by atoms with Crippen LogP contribution in [0.5, 0.6) is 0 Å². The number of unbranched alkanes of at least 4 members (excludes halogenated alkanes) is 4. The topological polar surface area (TPSA) is 160 Å². The quantitative estimate of drug-likeness (QED) is 0.0334. The number of rotatable bonds is 20. The van der Waals surface area contributed by atoms with Gasteiger partial charge >= 0.3 is 12.4 Å². The minimum Gasteiger partial charge on any atom is -0.348 e. The van der Waals surface area contributed by atoms with Crippen LogP contribution in [0.3, 0.4) is 0 Å². The second-order valence-corrected chi connectivity index (χ2v) is 18.7. The Morgan fingerprint density at radius 2 is 0.863 bits per heavy atom. The molecule has 2 aromatic heterocycles. The van der Waals surface area contributed by atoms with Crippen molar-refractivity contribution in [3.8, 4) is 11.4 Å². The average molecular weight is 1050 g/mol. The van der Waals surface area contributed by atoms with Crippen molar-refractivity contribution in [1.29, 1.82) is 0 Å². The van der Waals surface area contributed by atoms with Crippen molar-refractivity contribution in [3.05, 3.63) is 175 Å². The van der Waals surface area contributed by atoms with Crippen molar-refractivity contribution in [2.24, 2.45) is 0 Å². The molecule has 12 nitrogen and oxygen atoms in total. The van der Waals surface area contributed by atoms with Crippen LogP contribution in [-0.4, -0.2) is 45.3 Å². The minimum atomic E-state index is -4.72. The molecule has 0 aliphatic carbocycles. The Kier molecular flexibility index (Phi) is 18.6. The summed E-state index contributed by atoms with van der Waals surface area (Å²) in [4.78, 5) is 83.2. The zero-order valence-corrected chi connectivity index (χ0v) is 41.8. The summed E-state index contributed by atoms with van der Waals surface area (Å²) in [6.45, 7) is 2.99. The van der Waals surface area contributed by atoms with Crippen molar-refractivity contribution in [1.82, 2.24) is 19.8 Å². The zero-order chi connectivity index (χ0) is 53.0. The van der Waals surface area contributed by atoms with Gasteiger partial charge in [-0.1, -0.05) is 55.7 Å². The molecule has 0 saturated carbocycles. The second-order valence-electron chi connectivity index (χ2n) is 16.9. The van der Waals surface area contributed by atoms with Crippen molar-refractivity contribution in [2.45, 2.75) is 94.0 Å². The predicted octanol–water partition coefficient (Wildman–Crippen LogP) is 11.3. The minimum absolute atomic E-state index is 0.0112. The number of hydrogen-bond donors (Lipinski definition) is 4. The molecule has 0 unspecified atom stereocenters. The van der Waals surface area contributed by atoms with Gasteiger partial charge in [-0.3, -0.25) is 37.9 Å². The first-order valence-corrected chi connectivity index (χ1v) is 25.4. The highest BCUT2D eigenvalue weighted by molar-refractivity contribution is 7.98. The van der Waals surface area contributed by atoms with Crippen LogP contribution in [0.15, 0.2) is 129 Å². The standard InChI is InChI=1S/C53H52F6N6O6S2/c1-32-44(28-42(48(68)60-30-34-18-22-40(72-3)23-19-34)50(70)64(32)38-14-10-12-36(26-38)52(54,55)56)62-46(66)16-8-6-5-7-9-17-47(67)63-45-29-43(49(69)61-31-35-20-24-41(73-4)25-21-35)51(71)65(33(45)2)39-15-11-13-37(27-39)53(57,58)59/h10-15,18-29H,5-9,16-17,30-31H2,1-4H3,(H,60,68)(H,61,69)(H,62,66)(H,63,67). The smallest absolute Gasteiger partial charge is 0.348 e. The summed E-state index contributed by atoms with van der Waals surface area (Å²) >= 11 is 3.07. The molecule has 0 saturated heterocycles. The van der Waals surface area contributed by atoms with E-state index in [0.29, 0.717) is 32.1 Å². The lowest BCUT2D eigenvalue weighted by Crippen LogP contribution is -2.34. The van der Waals surface area contributed by atoms with Crippen LogP contribution in [0.25, 0.3) is 11.4 Å². The maximum absolute atomic E-state index is 13.8. The van der Waals surface area contributed by atoms with E-state index in [0.717, 1.165) is 66.5 Å². The maximum atomic E-state index is 13.8. The van der Waals surface area contributed by atoms with E-state index in [1.807, 2.05) is 61.0 Å². The first-order valence-electron chi connectivity index (χ1n) is 23.0. The molecule has 73 heavy (non-hydrogen) atoms. The molecule has 384 valence electrons. The normalized spacial score (nSPS) is 11.5. The highest BCUT2D eigenvalue weighted by Crippen LogP contribution is 2.32. The Balaban J connectivity index is 1.08. The van der Waals surface area contributed by atoms with E-state index in [1.54, 1.807) is 0 Å². The molecular formula is C53H52F6N6O6S2. The summed E-state index contributed by atoms with van der Waals surface area (Å²) in [7, 11) is 0. The number of hydrogen-bond acceptors (Lipinski definition) is 8. The molecule has 2 heterocycles. The molecule has 20 heteroatoms. The molecule has 6 rings (SSSR count). The number of nitrogens with zero attached hydrogens (tertiary/aromatic N) is 2. The number of amides is 4. The summed E-state index contributed by atoms with van der Waals surface area (Å²) in [5, 5.41) is 10.8. The Labute approximate surface area is 425 Å². The van der Waals surface area contributed by atoms with Gasteiger partial charge in [-0.2, -0.15) is 26.3 Å². The van der Waals surface area contributed by atoms with E-state index >= 15 is 0 Å². The third-order valence-electron chi connectivity index (χ3n) is 11.8. The fourth-order valence-electron chi connectivity index (χ4n) is 7.82. The third-order valence-corrected chi connectivity index (χ3v) is 13.3. The highest BCUT2D eigenvalue weighted by atomic mass is 32.2. The number of alkyl halides is 6. The van der Waals surface area contributed by atoms with E-state index in [9.17, 15) is 55.1 Å². The highest BCUT2D eigenvalue weighted by Gasteiger charge is 2.32. The summed E-state index contributed by atoms with van der Waals surface area (Å²) in [6, 6.07) is 25.3. The van der Waals surface area contributed by atoms with Crippen LogP contribution in [0.2, 0.25) is 0 Å². The number of thioether (sulfide) groups is 2. The molecule has 0 bridgehead atoms. The molecule has 0 atom stereocenters. The maximum Gasteiger partial charge on any atom is 0.416 e. The number of nitrogens with one attached hydrogen (secondary N) is 4. The van der Waals surface area contributed by atoms with Crippen LogP contribution < -0.4 is 32.4 Å². The van der Waals surface area contributed by atoms with Crippen LogP contribution in [0, 0.1) is 13.8 Å². The Morgan fingerprint density at radius 3 is 1.21 bits per heavy atom. The van der Waals surface area contributed by atoms with Gasteiger partial charge < -0.3 is 21.3 Å². The molecule has 6 aromatic rings. The lowest BCUT2D eigenvalue weighted by molar-refractivity contribution is -0.138. The fraction of sp³-hybridized carbons (Fsp3) is 0.283. The van der Waals surface area contributed by atoms with Gasteiger partial charge in [0.2, 0.25) is 11.8 Å². The number of pyridine rings is 2. The van der Waals surface area contributed by atoms with Gasteiger partial charge in [-0.25, -0.2) is 0 Å². The number of halogens is 6. The SMILES string of the molecule is CSc1ccc(CNC(=O)c2cc(NC(=O)CCCCCCCC(=O)Nc3cc(C(=O)NCc4ccc(SC)cc4)c(=O)n(-c4cccc(C(F)(F)F)c4)c3C)c(C)n(-c3cccc(C(F)(F)F)c3)c2=O)cc1. The first kappa shape index (κ1) is 55.3. The number of anilines is 2. The number of aromatic nitrogens is 2. The van der Waals surface area contributed by atoms with Gasteiger partial charge in [0.15, 0.2) is 0 Å². The second kappa shape index (κ2) is 24.6. The molecular weight excluding hydrogens is 995 g/mol. The lowest BCUT2D eigenvalue weighted by atomic mass is 10.1. The molecule has 0 spiro atoms. The lowest BCUT2D eigenvalue weighted by Gasteiger charge is -2.18. The number of carbonyl (C=O) groups is 4. The Hall–Kier alpha value is -7.06. The molecule has 0 radical (unpaired) electrons. The number of carbonyl (C=O) groups excluding carboxylic acids is 4. The summed E-state index contributed by atoms with van der Waals surface area (Å²) in [6.07, 6.45) is -3.06. The largest absolute Gasteiger partial charge is 0.416 e. The number of benzene rings is 4. The monoisotopic (exact) mass is 1050 g/mol. The zero-order valence-electron chi connectivity index (χ0n) is 40.2. The van der Waals surface area contributed by atoms with E-state index < -0.39 is 69.4 Å². The van der Waals surface area contributed by atoms with Crippen molar-refractivity contribution >= 4 is 58.5 Å². The molecule has 4 amide bonds. The van der Waals surface area contributed by atoms with Gasteiger partial charge in [-0.15, -0.1) is 23.5 Å². The van der Waals surface area contributed by atoms with Crippen molar-refractivity contribution < 1.29 is 45.5 Å². The molecule has 4 aromatic carbocycles. The average Bonchev–Trinajstić information content (AvgIpc) is 3.36. The van der Waals surface area contributed by atoms with Gasteiger partial charge in [0.05, 0.1) is 22.5 Å². The molecule has 0 aliphatic rings. The summed E-state index contributed by atoms with van der Waals surface area (Å²) < 4.78 is 84.4. The van der Waals surface area contributed by atoms with E-state index in [4.69, 9.17) is 0 Å². The van der Waals surface area contributed by atoms with E-state index in [2.05, 4.69) is 21.3 Å². The third kappa shape index (κ3) is 14.6. The van der Waals surface area contributed by atoms with Gasteiger partial charge in [0.1, 0.15) is 11.1 Å². The van der Waals surface area contributed by atoms with Crippen LogP contribution >= 0.6 is 23.5 Å². The van der Waals surface area contributed by atoms with Gasteiger partial charge in [0.25, 0.3) is 22.9 Å². The van der Waals surface area contributed by atoms with Crippen molar-refractivity contribution in [2.75, 3.05) is 23.1 Å². The van der Waals surface area contributed by atoms with E-state index in [1.165, 1.54) is 61.6 Å². The molecule has 4 N–H and O–H groups in total. The summed E-state index contributed by atoms with van der Waals surface area (Å²) in [5.74, 6) is -2.54. The molecule has 0 aliphatic heterocycles. The van der Waals surface area contributed by atoms with Crippen LogP contribution in [0.4, 0.5) is 37.7 Å². The summed E-state index contributed by atoms with van der Waals surface area (Å²) in [5.41, 5.74) is -3.14. The first-order chi connectivity index (χ1) is 34.7. The Morgan fingerprint density at radius 1 is 0.507 bits per heavy atom. The van der Waals surface area contributed by atoms with Crippen molar-refractivity contribution in [3.63, 3.8) is 0 Å².